The van der Waals surface area contributed by atoms with Gasteiger partial charge in [0.15, 0.2) is 11.5 Å². The first-order chi connectivity index (χ1) is 14.1. The SMILES string of the molecule is O=S(=O)([O-])c1cc(O)c(O)c(S(=O)(=O)[O-])c1.O=S(=O)([O-])c1cc(O)c([O-])c(S(=O)(=O)[O-])c1.[Na+].[Na+].[Na+].[Na+].[Na+].[Sb]. The van der Waals surface area contributed by atoms with Crippen LogP contribution in [0.5, 0.6) is 23.0 Å². The Balaban J connectivity index is -0.000000116. The van der Waals surface area contributed by atoms with Crippen LogP contribution in [0, 0.1) is 0 Å². The first-order valence-electron chi connectivity index (χ1n) is 7.00. The molecule has 0 saturated carbocycles. The Morgan fingerprint density at radius 2 is 0.789 bits per heavy atom. The molecule has 0 saturated heterocycles. The van der Waals surface area contributed by atoms with E-state index in [1.807, 2.05) is 0 Å². The number of aromatic hydroxyl groups is 3. The average Bonchev–Trinajstić information content (AvgIpc) is 2.56. The summed E-state index contributed by atoms with van der Waals surface area (Å²) in [4.78, 5) is -5.15. The van der Waals surface area contributed by atoms with E-state index < -0.39 is 83.1 Å². The molecule has 0 heterocycles. The van der Waals surface area contributed by atoms with E-state index in [0.717, 1.165) is 0 Å². The van der Waals surface area contributed by atoms with Gasteiger partial charge in [-0.05, 0) is 23.9 Å². The van der Waals surface area contributed by atoms with Crippen LogP contribution >= 0.6 is 0 Å². The largest absolute Gasteiger partial charge is 1.00 e. The zero-order chi connectivity index (χ0) is 25.4. The van der Waals surface area contributed by atoms with Gasteiger partial charge in [-0.15, -0.1) is 0 Å². The molecule has 0 unspecified atom stereocenters. The molecule has 0 aliphatic heterocycles. The standard InChI is InChI=1S/2C6H6O8S2.5Na.Sb/c2*7-4-1-3(15(9,10)11)2-5(6(4)8)16(12,13)14;;;;;;/h2*1-2,7-8H,(H,9,10,11)(H,12,13,14);;;;;;/q;;5*+1;/p-5. The Hall–Kier alpha value is 3.10. The van der Waals surface area contributed by atoms with Gasteiger partial charge in [0, 0.05) is 30.5 Å². The van der Waals surface area contributed by atoms with Crippen LogP contribution in [0.1, 0.15) is 0 Å². The number of benzene rings is 2. The number of rotatable bonds is 4. The van der Waals surface area contributed by atoms with Crippen LogP contribution in [0.4, 0.5) is 0 Å². The van der Waals surface area contributed by atoms with Crippen LogP contribution < -0.4 is 153 Å². The van der Waals surface area contributed by atoms with Gasteiger partial charge in [-0.3, -0.25) is 0 Å². The molecule has 3 N–H and O–H groups in total. The Labute approximate surface area is 345 Å². The molecule has 0 fully saturated rings. The molecule has 0 atom stereocenters. The van der Waals surface area contributed by atoms with Crippen molar-refractivity contribution in [2.45, 2.75) is 19.6 Å². The molecule has 3 radical (unpaired) electrons. The third-order valence-corrected chi connectivity index (χ3v) is 6.47. The van der Waals surface area contributed by atoms with Gasteiger partial charge in [-0.2, -0.15) is 0 Å². The van der Waals surface area contributed by atoms with E-state index >= 15 is 0 Å². The van der Waals surface area contributed by atoms with Crippen molar-refractivity contribution in [1.82, 2.24) is 0 Å². The van der Waals surface area contributed by atoms with E-state index in [0.29, 0.717) is 6.07 Å². The summed E-state index contributed by atoms with van der Waals surface area (Å²) < 4.78 is 126. The summed E-state index contributed by atoms with van der Waals surface area (Å²) in [6.45, 7) is 0. The maximum absolute atomic E-state index is 11.0. The monoisotopic (exact) mass is 771 g/mol. The Kier molecular flexibility index (Phi) is 28.5. The maximum Gasteiger partial charge on any atom is 1.00 e. The second kappa shape index (κ2) is 20.2. The first kappa shape index (κ1) is 53.6. The molecule has 0 aliphatic carbocycles. The van der Waals surface area contributed by atoms with Crippen molar-refractivity contribution in [2.75, 3.05) is 0 Å². The summed E-state index contributed by atoms with van der Waals surface area (Å²) in [5.74, 6) is -5.34. The molecule has 2 aromatic carbocycles. The van der Waals surface area contributed by atoms with Gasteiger partial charge in [0.2, 0.25) is 0 Å². The topological polar surface area (TPSA) is 313 Å². The predicted octanol–water partition coefficient (Wildman–Crippen LogP) is -18.2. The number of hydrogen-bond donors (Lipinski definition) is 3. The summed E-state index contributed by atoms with van der Waals surface area (Å²) in [6, 6.07) is 0.915. The molecule has 0 aliphatic rings. The van der Waals surface area contributed by atoms with Gasteiger partial charge >= 0.3 is 148 Å². The minimum Gasteiger partial charge on any atom is -0.869 e. The summed E-state index contributed by atoms with van der Waals surface area (Å²) in [5.41, 5.74) is 0. The zero-order valence-corrected chi connectivity index (χ0v) is 35.9. The van der Waals surface area contributed by atoms with E-state index in [1.165, 1.54) is 0 Å². The second-order valence-electron chi connectivity index (χ2n) is 5.38. The maximum atomic E-state index is 11.0. The molecular formula is C12H7Na5O16S4Sb. The quantitative estimate of drug-likeness (QED) is 0.148. The van der Waals surface area contributed by atoms with Crippen molar-refractivity contribution in [3.05, 3.63) is 24.3 Å². The average molecular weight is 772 g/mol. The Bertz CT molecular complexity index is 1400. The molecular weight excluding hydrogens is 765 g/mol. The molecule has 16 nitrogen and oxygen atoms in total. The second-order valence-corrected chi connectivity index (χ2v) is 10.8. The minimum atomic E-state index is -5.26. The van der Waals surface area contributed by atoms with Gasteiger partial charge in [0.05, 0.1) is 14.7 Å². The zero-order valence-electron chi connectivity index (χ0n) is 20.0. The van der Waals surface area contributed by atoms with Crippen molar-refractivity contribution >= 4 is 64.9 Å². The van der Waals surface area contributed by atoms with Gasteiger partial charge < -0.3 is 38.6 Å². The van der Waals surface area contributed by atoms with E-state index in [2.05, 4.69) is 0 Å². The van der Waals surface area contributed by atoms with E-state index in [4.69, 9.17) is 15.3 Å². The summed E-state index contributed by atoms with van der Waals surface area (Å²) in [6.07, 6.45) is 0. The van der Waals surface area contributed by atoms with E-state index in [-0.39, 0.29) is 190 Å². The van der Waals surface area contributed by atoms with Crippen LogP contribution in [-0.4, -0.2) is 91.6 Å². The molecule has 0 amide bonds. The van der Waals surface area contributed by atoms with Crippen LogP contribution in [0.2, 0.25) is 0 Å². The molecule has 0 bridgehead atoms. The smallest absolute Gasteiger partial charge is 0.869 e. The van der Waals surface area contributed by atoms with Gasteiger partial charge in [0.1, 0.15) is 51.1 Å². The molecule has 2 rings (SSSR count). The fourth-order valence-corrected chi connectivity index (χ4v) is 4.20. The fourth-order valence-electron chi connectivity index (χ4n) is 1.80. The van der Waals surface area contributed by atoms with Crippen molar-refractivity contribution in [3.63, 3.8) is 0 Å². The molecule has 185 valence electrons. The first-order valence-corrected chi connectivity index (χ1v) is 12.6. The Morgan fingerprint density at radius 3 is 1.08 bits per heavy atom. The molecule has 0 spiro atoms. The number of hydrogen-bond acceptors (Lipinski definition) is 16. The Morgan fingerprint density at radius 1 is 0.500 bits per heavy atom. The normalized spacial score (nSPS) is 10.6. The fraction of sp³-hybridized carbons (Fsp3) is 0. The summed E-state index contributed by atoms with van der Waals surface area (Å²) in [7, 11) is -20.6. The van der Waals surface area contributed by atoms with Crippen molar-refractivity contribution in [3.8, 4) is 23.0 Å². The molecule has 2 aromatic rings. The number of phenolic OH excluding ortho intramolecular Hbond substituents is 3. The third-order valence-electron chi connectivity index (χ3n) is 3.15. The van der Waals surface area contributed by atoms with Crippen LogP contribution in [0.15, 0.2) is 43.8 Å². The predicted molar refractivity (Wildman–Crippen MR) is 94.9 cm³/mol. The van der Waals surface area contributed by atoms with Gasteiger partial charge in [-0.1, -0.05) is 0 Å². The van der Waals surface area contributed by atoms with Crippen LogP contribution in [0.25, 0.3) is 0 Å². The van der Waals surface area contributed by atoms with E-state index in [1.54, 1.807) is 0 Å². The third kappa shape index (κ3) is 16.2. The summed E-state index contributed by atoms with van der Waals surface area (Å²) >= 11 is 0. The molecule has 26 heteroatoms. The van der Waals surface area contributed by atoms with E-state index in [9.17, 15) is 57.0 Å². The van der Waals surface area contributed by atoms with Crippen molar-refractivity contribution in [1.29, 1.82) is 0 Å². The summed E-state index contributed by atoms with van der Waals surface area (Å²) in [5, 5.41) is 37.8. The van der Waals surface area contributed by atoms with Gasteiger partial charge in [0.25, 0.3) is 0 Å². The van der Waals surface area contributed by atoms with Crippen LogP contribution in [0.3, 0.4) is 0 Å². The van der Waals surface area contributed by atoms with Gasteiger partial charge in [-0.25, -0.2) is 33.7 Å². The number of phenols is 3. The molecule has 38 heavy (non-hydrogen) atoms. The van der Waals surface area contributed by atoms with Crippen molar-refractivity contribution in [2.24, 2.45) is 0 Å². The minimum absolute atomic E-state index is 0. The van der Waals surface area contributed by atoms with Crippen molar-refractivity contribution < 1.29 is 220 Å². The molecule has 0 aromatic heterocycles. The van der Waals surface area contributed by atoms with Crippen LogP contribution in [-0.2, 0) is 40.5 Å².